The smallest absolute Gasteiger partial charge is 0.246 e. The molecule has 0 amide bonds. The van der Waals surface area contributed by atoms with Gasteiger partial charge in [-0.2, -0.15) is 4.31 Å². The highest BCUT2D eigenvalue weighted by atomic mass is 79.9. The highest BCUT2D eigenvalue weighted by Crippen LogP contribution is 2.33. The Morgan fingerprint density at radius 1 is 1.33 bits per heavy atom. The number of sulfonamides is 1. The van der Waals surface area contributed by atoms with Gasteiger partial charge >= 0.3 is 0 Å². The van der Waals surface area contributed by atoms with Gasteiger partial charge in [-0.1, -0.05) is 6.92 Å². The lowest BCUT2D eigenvalue weighted by atomic mass is 10.3. The molecule has 1 aromatic carbocycles. The number of likely N-dealkylation sites (N-methyl/N-ethyl adjacent to an activating group) is 1. The van der Waals surface area contributed by atoms with Gasteiger partial charge in [-0.25, -0.2) is 8.42 Å². The summed E-state index contributed by atoms with van der Waals surface area (Å²) < 4.78 is 37.8. The maximum Gasteiger partial charge on any atom is 0.246 e. The molecule has 0 aliphatic rings. The van der Waals surface area contributed by atoms with E-state index < -0.39 is 10.0 Å². The topological polar surface area (TPSA) is 81.9 Å². The fourth-order valence-corrected chi connectivity index (χ4v) is 3.74. The minimum atomic E-state index is -3.69. The van der Waals surface area contributed by atoms with Crippen LogP contribution in [0.25, 0.3) is 0 Å². The first-order chi connectivity index (χ1) is 9.88. The zero-order valence-electron chi connectivity index (χ0n) is 12.4. The van der Waals surface area contributed by atoms with Crippen molar-refractivity contribution in [2.75, 3.05) is 39.1 Å². The van der Waals surface area contributed by atoms with Crippen LogP contribution in [0.3, 0.4) is 0 Å². The molecule has 0 saturated carbocycles. The lowest BCUT2D eigenvalue weighted by Crippen LogP contribution is -2.34. The van der Waals surface area contributed by atoms with E-state index in [1.54, 1.807) is 13.0 Å². The molecule has 120 valence electrons. The Labute approximate surface area is 134 Å². The molecule has 2 N–H and O–H groups in total. The number of benzene rings is 1. The fourth-order valence-electron chi connectivity index (χ4n) is 1.81. The molecule has 0 aliphatic heterocycles. The number of nitrogens with zero attached hydrogens (tertiary/aromatic N) is 1. The molecule has 0 aliphatic carbocycles. The number of hydrogen-bond donors (Lipinski definition) is 1. The Morgan fingerprint density at radius 3 is 2.52 bits per heavy atom. The van der Waals surface area contributed by atoms with Crippen LogP contribution in [0.4, 0.5) is 5.69 Å². The summed E-state index contributed by atoms with van der Waals surface area (Å²) in [5.41, 5.74) is 6.14. The van der Waals surface area contributed by atoms with Gasteiger partial charge in [0.1, 0.15) is 10.6 Å². The average molecular weight is 381 g/mol. The Hall–Kier alpha value is -0.830. The molecule has 0 heterocycles. The third-order valence-corrected chi connectivity index (χ3v) is 5.62. The second-order valence-corrected chi connectivity index (χ2v) is 6.98. The summed E-state index contributed by atoms with van der Waals surface area (Å²) in [6.45, 7) is 5.16. The first kappa shape index (κ1) is 18.2. The summed E-state index contributed by atoms with van der Waals surface area (Å²) in [6, 6.07) is 2.96. The number of methoxy groups -OCH3 is 1. The molecule has 0 atom stereocenters. The molecule has 0 unspecified atom stereocenters. The summed E-state index contributed by atoms with van der Waals surface area (Å²) in [4.78, 5) is 0.0593. The van der Waals surface area contributed by atoms with Crippen molar-refractivity contribution in [1.82, 2.24) is 4.31 Å². The standard InChI is InChI=1S/C13H21BrN2O4S/c1-4-16(6-7-20-5-2)21(17,18)13-9-11(15)10(14)8-12(13)19-3/h8-9H,4-7,15H2,1-3H3. The molecule has 1 rings (SSSR count). The minimum Gasteiger partial charge on any atom is -0.495 e. The van der Waals surface area contributed by atoms with E-state index in [4.69, 9.17) is 15.2 Å². The van der Waals surface area contributed by atoms with Gasteiger partial charge in [-0.3, -0.25) is 0 Å². The van der Waals surface area contributed by atoms with Crippen LogP contribution in [0.1, 0.15) is 13.8 Å². The fraction of sp³-hybridized carbons (Fsp3) is 0.538. The Morgan fingerprint density at radius 2 is 2.00 bits per heavy atom. The average Bonchev–Trinajstić information content (AvgIpc) is 2.45. The molecule has 0 bridgehead atoms. The first-order valence-corrected chi connectivity index (χ1v) is 8.82. The van der Waals surface area contributed by atoms with Crippen LogP contribution >= 0.6 is 15.9 Å². The van der Waals surface area contributed by atoms with Crippen LogP contribution in [-0.2, 0) is 14.8 Å². The van der Waals surface area contributed by atoms with Gasteiger partial charge in [0.25, 0.3) is 0 Å². The van der Waals surface area contributed by atoms with Gasteiger partial charge in [0.15, 0.2) is 0 Å². The van der Waals surface area contributed by atoms with Crippen molar-refractivity contribution in [2.45, 2.75) is 18.7 Å². The quantitative estimate of drug-likeness (QED) is 0.551. The van der Waals surface area contributed by atoms with Gasteiger partial charge < -0.3 is 15.2 Å². The van der Waals surface area contributed by atoms with E-state index >= 15 is 0 Å². The molecule has 0 spiro atoms. The molecule has 0 aromatic heterocycles. The van der Waals surface area contributed by atoms with E-state index in [2.05, 4.69) is 15.9 Å². The Bertz CT molecular complexity index is 578. The zero-order valence-corrected chi connectivity index (χ0v) is 14.8. The van der Waals surface area contributed by atoms with Gasteiger partial charge in [-0.05, 0) is 35.0 Å². The van der Waals surface area contributed by atoms with Crippen LogP contribution in [0.5, 0.6) is 5.75 Å². The second-order valence-electron chi connectivity index (χ2n) is 4.22. The molecule has 0 radical (unpaired) electrons. The maximum absolute atomic E-state index is 12.7. The van der Waals surface area contributed by atoms with Gasteiger partial charge in [-0.15, -0.1) is 0 Å². The minimum absolute atomic E-state index is 0.0593. The lowest BCUT2D eigenvalue weighted by Gasteiger charge is -2.22. The third-order valence-electron chi connectivity index (χ3n) is 2.94. The summed E-state index contributed by atoms with van der Waals surface area (Å²) in [7, 11) is -2.26. The predicted octanol–water partition coefficient (Wildman–Crippen LogP) is 2.09. The summed E-state index contributed by atoms with van der Waals surface area (Å²) in [6.07, 6.45) is 0. The van der Waals surface area contributed by atoms with Crippen LogP contribution in [0.15, 0.2) is 21.5 Å². The van der Waals surface area contributed by atoms with Crippen LogP contribution in [0, 0.1) is 0 Å². The lowest BCUT2D eigenvalue weighted by molar-refractivity contribution is 0.135. The number of rotatable bonds is 8. The second kappa shape index (κ2) is 7.98. The van der Waals surface area contributed by atoms with Crippen molar-refractivity contribution in [3.8, 4) is 5.75 Å². The van der Waals surface area contributed by atoms with Crippen molar-refractivity contribution < 1.29 is 17.9 Å². The van der Waals surface area contributed by atoms with Crippen molar-refractivity contribution in [2.24, 2.45) is 0 Å². The van der Waals surface area contributed by atoms with E-state index in [-0.39, 0.29) is 17.2 Å². The third kappa shape index (κ3) is 4.32. The van der Waals surface area contributed by atoms with E-state index in [0.717, 1.165) is 0 Å². The molecular weight excluding hydrogens is 360 g/mol. The summed E-state index contributed by atoms with van der Waals surface area (Å²) in [5.74, 6) is 0.255. The van der Waals surface area contributed by atoms with Crippen molar-refractivity contribution in [3.05, 3.63) is 16.6 Å². The number of hydrogen-bond acceptors (Lipinski definition) is 5. The predicted molar refractivity (Wildman–Crippen MR) is 86.0 cm³/mol. The molecule has 1 aromatic rings. The molecule has 21 heavy (non-hydrogen) atoms. The Kier molecular flexibility index (Phi) is 6.92. The molecular formula is C13H21BrN2O4S. The number of anilines is 1. The van der Waals surface area contributed by atoms with Crippen LogP contribution in [-0.4, -0.2) is 46.1 Å². The van der Waals surface area contributed by atoms with Gasteiger partial charge in [0, 0.05) is 29.9 Å². The molecule has 0 fully saturated rings. The number of nitrogens with two attached hydrogens (primary N) is 1. The maximum atomic E-state index is 12.7. The molecule has 0 saturated heterocycles. The molecule has 6 nitrogen and oxygen atoms in total. The zero-order chi connectivity index (χ0) is 16.0. The van der Waals surface area contributed by atoms with Crippen LogP contribution < -0.4 is 10.5 Å². The summed E-state index contributed by atoms with van der Waals surface area (Å²) >= 11 is 3.26. The number of halogens is 1. The monoisotopic (exact) mass is 380 g/mol. The van der Waals surface area contributed by atoms with Gasteiger partial charge in [0.2, 0.25) is 10.0 Å². The van der Waals surface area contributed by atoms with Crippen molar-refractivity contribution >= 4 is 31.6 Å². The SMILES string of the molecule is CCOCCN(CC)S(=O)(=O)c1cc(N)c(Br)cc1OC. The van der Waals surface area contributed by atoms with E-state index in [1.165, 1.54) is 17.5 Å². The van der Waals surface area contributed by atoms with Gasteiger partial charge in [0.05, 0.1) is 13.7 Å². The number of nitrogen functional groups attached to an aromatic ring is 1. The highest BCUT2D eigenvalue weighted by Gasteiger charge is 2.27. The first-order valence-electron chi connectivity index (χ1n) is 6.59. The molecule has 8 heteroatoms. The van der Waals surface area contributed by atoms with E-state index in [0.29, 0.717) is 29.9 Å². The largest absolute Gasteiger partial charge is 0.495 e. The van der Waals surface area contributed by atoms with E-state index in [9.17, 15) is 8.42 Å². The van der Waals surface area contributed by atoms with Crippen LogP contribution in [0.2, 0.25) is 0 Å². The van der Waals surface area contributed by atoms with E-state index in [1.807, 2.05) is 6.92 Å². The number of ether oxygens (including phenoxy) is 2. The Balaban J connectivity index is 3.19. The summed E-state index contributed by atoms with van der Waals surface area (Å²) in [5, 5.41) is 0. The highest BCUT2D eigenvalue weighted by molar-refractivity contribution is 9.10. The van der Waals surface area contributed by atoms with Crippen molar-refractivity contribution in [3.63, 3.8) is 0 Å². The normalized spacial score (nSPS) is 11.9. The van der Waals surface area contributed by atoms with Crippen molar-refractivity contribution in [1.29, 1.82) is 0 Å².